The minimum atomic E-state index is -0.471. The molecule has 4 nitrogen and oxygen atoms in total. The highest BCUT2D eigenvalue weighted by molar-refractivity contribution is 6.10. The van der Waals surface area contributed by atoms with Crippen molar-refractivity contribution in [3.05, 3.63) is 206 Å². The number of aromatic nitrogens is 4. The van der Waals surface area contributed by atoms with Gasteiger partial charge in [0.2, 0.25) is 0 Å². The molecule has 11 aromatic rings. The lowest BCUT2D eigenvalue weighted by atomic mass is 10.0. The largest absolute Gasteiger partial charge is 0.309 e. The second-order valence-corrected chi connectivity index (χ2v) is 13.9. The van der Waals surface area contributed by atoms with Crippen molar-refractivity contribution in [3.63, 3.8) is 0 Å². The van der Waals surface area contributed by atoms with E-state index in [9.17, 15) is 0 Å². The van der Waals surface area contributed by atoms with Crippen LogP contribution < -0.4 is 0 Å². The summed E-state index contributed by atoms with van der Waals surface area (Å²) in [5.74, 6) is 0.0392. The van der Waals surface area contributed by atoms with Gasteiger partial charge in [-0.2, -0.15) is 0 Å². The Hall–Kier alpha value is -7.56. The lowest BCUT2D eigenvalue weighted by Crippen LogP contribution is -2.01. The molecule has 56 heavy (non-hydrogen) atoms. The SMILES string of the molecule is [2H]c1c([2H])c([2H])c(-c2nc(-c3ccc(-c4ccccc4)cc3)cc(-c3cc(-n4c5ccccc5c5ccccc54)cc(-n4c5ccccc5c5ccccc54)c3)n2)c([2H])c1[2H]. The number of hydrogen-bond donors (Lipinski definition) is 0. The average Bonchev–Trinajstić information content (AvgIpc) is 3.84. The van der Waals surface area contributed by atoms with Crippen molar-refractivity contribution in [2.45, 2.75) is 0 Å². The fourth-order valence-electron chi connectivity index (χ4n) is 8.08. The molecule has 0 aliphatic carbocycles. The Kier molecular flexibility index (Phi) is 6.33. The smallest absolute Gasteiger partial charge is 0.160 e. The number of para-hydroxylation sites is 4. The number of benzene rings is 8. The highest BCUT2D eigenvalue weighted by atomic mass is 15.0. The molecule has 0 atom stereocenters. The van der Waals surface area contributed by atoms with Crippen molar-refractivity contribution >= 4 is 43.6 Å². The van der Waals surface area contributed by atoms with Gasteiger partial charge >= 0.3 is 0 Å². The van der Waals surface area contributed by atoms with Crippen LogP contribution >= 0.6 is 0 Å². The molecule has 11 rings (SSSR count). The van der Waals surface area contributed by atoms with E-state index in [0.717, 1.165) is 77.2 Å². The van der Waals surface area contributed by atoms with Gasteiger partial charge in [0.05, 0.1) is 40.3 Å². The van der Waals surface area contributed by atoms with Crippen LogP contribution in [0.3, 0.4) is 0 Å². The number of nitrogens with zero attached hydrogens (tertiary/aromatic N) is 4. The molecule has 0 saturated carbocycles. The molecule has 262 valence electrons. The molecule has 3 aromatic heterocycles. The quantitative estimate of drug-likeness (QED) is 0.171. The summed E-state index contributed by atoms with van der Waals surface area (Å²) in [4.78, 5) is 10.0. The zero-order valence-electron chi connectivity index (χ0n) is 35.0. The van der Waals surface area contributed by atoms with Gasteiger partial charge in [0.15, 0.2) is 5.82 Å². The van der Waals surface area contributed by atoms with Gasteiger partial charge in [-0.05, 0) is 59.7 Å². The molecule has 0 spiro atoms. The van der Waals surface area contributed by atoms with Crippen LogP contribution in [0.25, 0.3) is 100 Å². The molecular weight excluding hydrogens is 681 g/mol. The van der Waals surface area contributed by atoms with Crippen LogP contribution in [0.15, 0.2) is 206 Å². The first-order chi connectivity index (χ1) is 29.8. The van der Waals surface area contributed by atoms with Gasteiger partial charge in [0.25, 0.3) is 0 Å². The zero-order valence-corrected chi connectivity index (χ0v) is 30.0. The van der Waals surface area contributed by atoms with Crippen LogP contribution in [-0.4, -0.2) is 19.1 Å². The first-order valence-electron chi connectivity index (χ1n) is 21.1. The van der Waals surface area contributed by atoms with Crippen molar-refractivity contribution in [1.82, 2.24) is 19.1 Å². The Bertz CT molecular complexity index is 3270. The summed E-state index contributed by atoms with van der Waals surface area (Å²) < 4.78 is 47.9. The zero-order chi connectivity index (χ0) is 41.4. The predicted molar refractivity (Wildman–Crippen MR) is 232 cm³/mol. The first kappa shape index (κ1) is 27.1. The fraction of sp³-hybridized carbons (Fsp3) is 0. The normalized spacial score (nSPS) is 12.8. The molecule has 0 aliphatic heterocycles. The summed E-state index contributed by atoms with van der Waals surface area (Å²) in [5, 5.41) is 4.53. The van der Waals surface area contributed by atoms with E-state index in [2.05, 4.69) is 137 Å². The van der Waals surface area contributed by atoms with Gasteiger partial charge in [-0.15, -0.1) is 0 Å². The number of rotatable bonds is 6. The second-order valence-electron chi connectivity index (χ2n) is 13.9. The fourth-order valence-corrected chi connectivity index (χ4v) is 8.08. The van der Waals surface area contributed by atoms with Crippen LogP contribution in [0.4, 0.5) is 0 Å². The summed E-state index contributed by atoms with van der Waals surface area (Å²) in [6, 6.07) is 58.1. The van der Waals surface area contributed by atoms with Crippen LogP contribution in [0.1, 0.15) is 6.85 Å². The molecular formula is C52H34N4. The Balaban J connectivity index is 1.22. The van der Waals surface area contributed by atoms with Gasteiger partial charge in [-0.1, -0.05) is 158 Å². The molecule has 0 fully saturated rings. The number of fused-ring (bicyclic) bond motifs is 6. The topological polar surface area (TPSA) is 35.6 Å². The van der Waals surface area contributed by atoms with E-state index in [0.29, 0.717) is 11.4 Å². The van der Waals surface area contributed by atoms with E-state index in [-0.39, 0.29) is 23.5 Å². The summed E-state index contributed by atoms with van der Waals surface area (Å²) in [7, 11) is 0. The molecule has 0 saturated heterocycles. The van der Waals surface area contributed by atoms with Crippen molar-refractivity contribution < 1.29 is 6.85 Å². The van der Waals surface area contributed by atoms with Gasteiger partial charge in [-0.25, -0.2) is 9.97 Å². The van der Waals surface area contributed by atoms with E-state index in [4.69, 9.17) is 16.8 Å². The Labute approximate surface area is 331 Å². The lowest BCUT2D eigenvalue weighted by molar-refractivity contribution is 1.13. The third-order valence-corrected chi connectivity index (χ3v) is 10.6. The maximum atomic E-state index is 8.95. The molecule has 0 aliphatic rings. The Morgan fingerprint density at radius 3 is 1.25 bits per heavy atom. The molecule has 0 bridgehead atoms. The maximum Gasteiger partial charge on any atom is 0.160 e. The lowest BCUT2D eigenvalue weighted by Gasteiger charge is -2.16. The maximum absolute atomic E-state index is 8.95. The summed E-state index contributed by atoms with van der Waals surface area (Å²) in [6.07, 6.45) is 0. The van der Waals surface area contributed by atoms with E-state index in [1.165, 1.54) is 0 Å². The highest BCUT2D eigenvalue weighted by Gasteiger charge is 2.19. The van der Waals surface area contributed by atoms with Gasteiger partial charge in [-0.3, -0.25) is 0 Å². The monoisotopic (exact) mass is 719 g/mol. The minimum absolute atomic E-state index is 0.0392. The molecule has 3 heterocycles. The Morgan fingerprint density at radius 1 is 0.339 bits per heavy atom. The third-order valence-electron chi connectivity index (χ3n) is 10.6. The van der Waals surface area contributed by atoms with Crippen LogP contribution in [-0.2, 0) is 0 Å². The molecule has 0 unspecified atom stereocenters. The van der Waals surface area contributed by atoms with Crippen molar-refractivity contribution in [2.24, 2.45) is 0 Å². The second kappa shape index (κ2) is 13.1. The van der Waals surface area contributed by atoms with E-state index in [1.807, 2.05) is 48.5 Å². The molecule has 0 radical (unpaired) electrons. The minimum Gasteiger partial charge on any atom is -0.309 e. The molecule has 0 N–H and O–H groups in total. The third kappa shape index (κ3) is 5.31. The summed E-state index contributed by atoms with van der Waals surface area (Å²) >= 11 is 0. The van der Waals surface area contributed by atoms with Gasteiger partial charge in [0, 0.05) is 49.6 Å². The molecule has 0 amide bonds. The Morgan fingerprint density at radius 2 is 0.750 bits per heavy atom. The van der Waals surface area contributed by atoms with Crippen molar-refractivity contribution in [1.29, 1.82) is 0 Å². The average molecular weight is 720 g/mol. The standard InChI is InChI=1S/C52H34N4/c1-3-15-35(16-4-1)36-27-29-37(30-28-36)46-34-47(54-52(53-46)38-17-5-2-6-18-38)39-31-40(55-48-23-11-7-19-42(48)43-20-8-12-24-49(43)55)33-41(32-39)56-50-25-13-9-21-44(50)45-22-10-14-26-51(45)56/h1-34H/i2D,5D,6D,17D,18D. The van der Waals surface area contributed by atoms with Crippen molar-refractivity contribution in [2.75, 3.05) is 0 Å². The van der Waals surface area contributed by atoms with Crippen LogP contribution in [0.2, 0.25) is 0 Å². The summed E-state index contributed by atoms with van der Waals surface area (Å²) in [5.41, 5.74) is 10.7. The molecule has 4 heteroatoms. The first-order valence-corrected chi connectivity index (χ1v) is 18.6. The van der Waals surface area contributed by atoms with E-state index < -0.39 is 18.1 Å². The van der Waals surface area contributed by atoms with Gasteiger partial charge in [0.1, 0.15) is 0 Å². The van der Waals surface area contributed by atoms with Crippen LogP contribution in [0, 0.1) is 0 Å². The highest BCUT2D eigenvalue weighted by Crippen LogP contribution is 2.38. The van der Waals surface area contributed by atoms with Crippen LogP contribution in [0.5, 0.6) is 0 Å². The summed E-state index contributed by atoms with van der Waals surface area (Å²) in [6.45, 7) is 0. The van der Waals surface area contributed by atoms with Crippen molar-refractivity contribution in [3.8, 4) is 56.4 Å². The predicted octanol–water partition coefficient (Wildman–Crippen LogP) is 13.3. The molecule has 8 aromatic carbocycles. The van der Waals surface area contributed by atoms with E-state index >= 15 is 0 Å². The number of hydrogen-bond acceptors (Lipinski definition) is 2. The van der Waals surface area contributed by atoms with E-state index in [1.54, 1.807) is 0 Å². The van der Waals surface area contributed by atoms with Gasteiger partial charge < -0.3 is 9.13 Å².